The Bertz CT molecular complexity index is 1190. The zero-order valence-electron chi connectivity index (χ0n) is 17.9. The Morgan fingerprint density at radius 1 is 1.15 bits per heavy atom. The molecule has 2 aromatic heterocycles. The predicted molar refractivity (Wildman–Crippen MR) is 122 cm³/mol. The van der Waals surface area contributed by atoms with Gasteiger partial charge in [0, 0.05) is 35.4 Å². The van der Waals surface area contributed by atoms with Crippen LogP contribution >= 0.6 is 11.6 Å². The molecule has 0 amide bonds. The van der Waals surface area contributed by atoms with Gasteiger partial charge in [0.2, 0.25) is 0 Å². The topological polar surface area (TPSA) is 94.8 Å². The third kappa shape index (κ3) is 4.69. The van der Waals surface area contributed by atoms with Gasteiger partial charge in [0.25, 0.3) is 0 Å². The second-order valence-electron chi connectivity index (χ2n) is 8.13. The number of imidazole rings is 1. The average Bonchev–Trinajstić information content (AvgIpc) is 3.38. The fourth-order valence-corrected chi connectivity index (χ4v) is 4.65. The van der Waals surface area contributed by atoms with Gasteiger partial charge in [-0.15, -0.1) is 0 Å². The van der Waals surface area contributed by atoms with E-state index in [4.69, 9.17) is 23.2 Å². The van der Waals surface area contributed by atoms with Gasteiger partial charge >= 0.3 is 6.18 Å². The number of hydrogen-bond donors (Lipinski definition) is 3. The van der Waals surface area contributed by atoms with Crippen LogP contribution in [-0.4, -0.2) is 20.7 Å². The lowest BCUT2D eigenvalue weighted by Gasteiger charge is -2.14. The molecule has 0 fully saturated rings. The minimum atomic E-state index is -4.71. The maximum absolute atomic E-state index is 13.1. The zero-order valence-corrected chi connectivity index (χ0v) is 18.7. The number of nitrogens with zero attached hydrogens (tertiary/aromatic N) is 3. The molecule has 0 spiro atoms. The number of hydrazine groups is 1. The minimum absolute atomic E-state index is 0.143. The van der Waals surface area contributed by atoms with E-state index in [9.17, 15) is 13.2 Å². The van der Waals surface area contributed by atoms with E-state index < -0.39 is 17.6 Å². The summed E-state index contributed by atoms with van der Waals surface area (Å²) in [4.78, 5) is 8.66. The van der Waals surface area contributed by atoms with E-state index in [1.165, 1.54) is 29.5 Å². The number of rotatable bonds is 6. The Balaban J connectivity index is 1.59. The molecule has 10 heteroatoms. The summed E-state index contributed by atoms with van der Waals surface area (Å²) in [5, 5.41) is 0.721. The standard InChI is InChI=1S/C23H24ClF3N6/c1-2-13-7-15(18-9-16(24)3-4-17(13)18)10-33-11-20(31-12-33)19-8-14(5-6-30-19)21(28)22(32-29)23(25,26)27/h3-6,8-9,11-13,15,32H,2,7,10,28-29H2,1H3/b22-21-. The summed E-state index contributed by atoms with van der Waals surface area (Å²) < 4.78 is 41.4. The summed E-state index contributed by atoms with van der Waals surface area (Å²) in [7, 11) is 0. The summed E-state index contributed by atoms with van der Waals surface area (Å²) >= 11 is 6.24. The van der Waals surface area contributed by atoms with Crippen molar-refractivity contribution < 1.29 is 13.2 Å². The predicted octanol–water partition coefficient (Wildman–Crippen LogP) is 4.93. The Morgan fingerprint density at radius 2 is 1.94 bits per heavy atom. The number of fused-ring (bicyclic) bond motifs is 1. The molecule has 0 bridgehead atoms. The van der Waals surface area contributed by atoms with Gasteiger partial charge in [0.05, 0.1) is 17.7 Å². The number of alkyl halides is 3. The number of nitrogens with one attached hydrogen (secondary N) is 1. The molecular formula is C23H24ClF3N6. The maximum Gasteiger partial charge on any atom is 0.434 e. The molecule has 2 atom stereocenters. The van der Waals surface area contributed by atoms with E-state index in [0.29, 0.717) is 29.8 Å². The molecule has 1 aromatic carbocycles. The van der Waals surface area contributed by atoms with Crippen molar-refractivity contribution in [2.24, 2.45) is 11.6 Å². The Labute approximate surface area is 194 Å². The van der Waals surface area contributed by atoms with Crippen LogP contribution in [0.3, 0.4) is 0 Å². The van der Waals surface area contributed by atoms with Gasteiger partial charge in [0.15, 0.2) is 5.70 Å². The van der Waals surface area contributed by atoms with Gasteiger partial charge in [-0.25, -0.2) is 4.98 Å². The molecule has 0 radical (unpaired) electrons. The van der Waals surface area contributed by atoms with Crippen LogP contribution in [0.5, 0.6) is 0 Å². The van der Waals surface area contributed by atoms with Crippen molar-refractivity contribution in [1.82, 2.24) is 20.0 Å². The van der Waals surface area contributed by atoms with Crippen LogP contribution in [0.15, 0.2) is 54.7 Å². The molecule has 5 N–H and O–H groups in total. The molecule has 2 heterocycles. The monoisotopic (exact) mass is 476 g/mol. The smallest absolute Gasteiger partial charge is 0.397 e. The Hall–Kier alpha value is -3.04. The number of aromatic nitrogens is 3. The van der Waals surface area contributed by atoms with Crippen LogP contribution in [-0.2, 0) is 6.54 Å². The zero-order chi connectivity index (χ0) is 23.8. The van der Waals surface area contributed by atoms with E-state index in [2.05, 4.69) is 23.0 Å². The van der Waals surface area contributed by atoms with Gasteiger partial charge < -0.3 is 15.7 Å². The van der Waals surface area contributed by atoms with Crippen molar-refractivity contribution in [2.75, 3.05) is 0 Å². The molecule has 3 aromatic rings. The fourth-order valence-electron chi connectivity index (χ4n) is 4.47. The van der Waals surface area contributed by atoms with Crippen molar-refractivity contribution in [3.8, 4) is 11.4 Å². The first kappa shape index (κ1) is 23.1. The molecule has 1 aliphatic rings. The third-order valence-corrected chi connectivity index (χ3v) is 6.32. The second kappa shape index (κ2) is 9.07. The van der Waals surface area contributed by atoms with Gasteiger partial charge in [-0.05, 0) is 54.2 Å². The highest BCUT2D eigenvalue weighted by Crippen LogP contribution is 2.45. The first-order chi connectivity index (χ1) is 15.7. The van der Waals surface area contributed by atoms with Crippen LogP contribution in [0.4, 0.5) is 13.2 Å². The number of pyridine rings is 1. The second-order valence-corrected chi connectivity index (χ2v) is 8.56. The molecule has 0 saturated heterocycles. The molecule has 4 rings (SSSR count). The Morgan fingerprint density at radius 3 is 2.64 bits per heavy atom. The van der Waals surface area contributed by atoms with Crippen molar-refractivity contribution in [1.29, 1.82) is 0 Å². The summed E-state index contributed by atoms with van der Waals surface area (Å²) in [6.07, 6.45) is 2.31. The van der Waals surface area contributed by atoms with Crippen molar-refractivity contribution in [2.45, 2.75) is 44.3 Å². The molecule has 0 saturated carbocycles. The number of allylic oxidation sites excluding steroid dienone is 1. The first-order valence-corrected chi connectivity index (χ1v) is 10.9. The molecule has 2 unspecified atom stereocenters. The van der Waals surface area contributed by atoms with Crippen molar-refractivity contribution >= 4 is 17.3 Å². The summed E-state index contributed by atoms with van der Waals surface area (Å²) in [6, 6.07) is 8.94. The van der Waals surface area contributed by atoms with Crippen LogP contribution < -0.4 is 17.0 Å². The van der Waals surface area contributed by atoms with Crippen LogP contribution in [0.25, 0.3) is 17.1 Å². The van der Waals surface area contributed by atoms with Crippen molar-refractivity contribution in [3.05, 3.63) is 76.5 Å². The van der Waals surface area contributed by atoms with Gasteiger partial charge in [-0.3, -0.25) is 10.8 Å². The fraction of sp³-hybridized carbons (Fsp3) is 0.304. The summed E-state index contributed by atoms with van der Waals surface area (Å²) in [6.45, 7) is 2.90. The normalized spacial score (nSPS) is 18.7. The Kier molecular flexibility index (Phi) is 6.36. The van der Waals surface area contributed by atoms with Crippen molar-refractivity contribution in [3.63, 3.8) is 0 Å². The molecule has 1 aliphatic carbocycles. The number of hydrogen-bond acceptors (Lipinski definition) is 5. The first-order valence-electron chi connectivity index (χ1n) is 10.5. The maximum atomic E-state index is 13.1. The highest BCUT2D eigenvalue weighted by Gasteiger charge is 2.36. The van der Waals surface area contributed by atoms with E-state index in [1.807, 2.05) is 22.9 Å². The largest absolute Gasteiger partial charge is 0.434 e. The lowest BCUT2D eigenvalue weighted by molar-refractivity contribution is -0.0961. The van der Waals surface area contributed by atoms with Crippen LogP contribution in [0, 0.1) is 0 Å². The highest BCUT2D eigenvalue weighted by atomic mass is 35.5. The quantitative estimate of drug-likeness (QED) is 0.346. The van der Waals surface area contributed by atoms with E-state index in [0.717, 1.165) is 17.9 Å². The lowest BCUT2D eigenvalue weighted by atomic mass is 9.99. The van der Waals surface area contributed by atoms with Gasteiger partial charge in [-0.2, -0.15) is 13.2 Å². The average molecular weight is 477 g/mol. The number of halogens is 4. The third-order valence-electron chi connectivity index (χ3n) is 6.09. The molecule has 6 nitrogen and oxygen atoms in total. The van der Waals surface area contributed by atoms with Crippen LogP contribution in [0.2, 0.25) is 5.02 Å². The molecular weight excluding hydrogens is 453 g/mol. The summed E-state index contributed by atoms with van der Waals surface area (Å²) in [5.41, 5.74) is 9.35. The van der Waals surface area contributed by atoms with Gasteiger partial charge in [-0.1, -0.05) is 24.6 Å². The summed E-state index contributed by atoms with van der Waals surface area (Å²) in [5.74, 6) is 5.84. The number of nitrogens with two attached hydrogens (primary N) is 2. The number of benzene rings is 1. The van der Waals surface area contributed by atoms with E-state index in [-0.39, 0.29) is 5.56 Å². The van der Waals surface area contributed by atoms with E-state index >= 15 is 0 Å². The SMILES string of the molecule is CCC1CC(Cn2cnc(-c3cc(/C(N)=C(/NN)C(F)(F)F)ccn3)c2)c2cc(Cl)ccc21. The molecule has 33 heavy (non-hydrogen) atoms. The minimum Gasteiger partial charge on any atom is -0.397 e. The van der Waals surface area contributed by atoms with Gasteiger partial charge in [0.1, 0.15) is 5.69 Å². The van der Waals surface area contributed by atoms with E-state index in [1.54, 1.807) is 11.8 Å². The lowest BCUT2D eigenvalue weighted by Crippen LogP contribution is -2.34. The highest BCUT2D eigenvalue weighted by molar-refractivity contribution is 6.30. The molecule has 0 aliphatic heterocycles. The molecule has 174 valence electrons. The van der Waals surface area contributed by atoms with Crippen LogP contribution in [0.1, 0.15) is 48.3 Å².